The number of aromatic nitrogens is 1. The molecule has 2 atom stereocenters. The molecule has 0 aliphatic heterocycles. The van der Waals surface area contributed by atoms with E-state index in [0.29, 0.717) is 17.9 Å². The van der Waals surface area contributed by atoms with Crippen molar-refractivity contribution in [2.45, 2.75) is 45.1 Å². The van der Waals surface area contributed by atoms with Gasteiger partial charge in [0.15, 0.2) is 0 Å². The zero-order valence-corrected chi connectivity index (χ0v) is 14.2. The minimum atomic E-state index is -0.122. The van der Waals surface area contributed by atoms with Crippen molar-refractivity contribution >= 4 is 6.03 Å². The minimum Gasteiger partial charge on any atom is -0.361 e. The van der Waals surface area contributed by atoms with Crippen molar-refractivity contribution in [3.63, 3.8) is 0 Å². The molecule has 5 nitrogen and oxygen atoms in total. The van der Waals surface area contributed by atoms with Gasteiger partial charge < -0.3 is 15.2 Å². The molecular formula is C19H23N3O2. The van der Waals surface area contributed by atoms with E-state index in [1.54, 1.807) is 0 Å². The van der Waals surface area contributed by atoms with Gasteiger partial charge in [0.25, 0.3) is 0 Å². The van der Waals surface area contributed by atoms with Crippen LogP contribution in [0.4, 0.5) is 4.79 Å². The summed E-state index contributed by atoms with van der Waals surface area (Å²) in [5, 5.41) is 9.83. The number of urea groups is 1. The summed E-state index contributed by atoms with van der Waals surface area (Å²) in [6.45, 7) is 4.94. The predicted molar refractivity (Wildman–Crippen MR) is 90.8 cm³/mol. The van der Waals surface area contributed by atoms with Gasteiger partial charge in [-0.2, -0.15) is 0 Å². The fourth-order valence-corrected chi connectivity index (χ4v) is 4.20. The SMILES string of the molecule is Cc1noc(C)c1CNC(=O)NC[C@H]1C[C@]12CCc1ccccc12. The van der Waals surface area contributed by atoms with E-state index >= 15 is 0 Å². The van der Waals surface area contributed by atoms with Crippen LogP contribution in [0.25, 0.3) is 0 Å². The van der Waals surface area contributed by atoms with Crippen LogP contribution < -0.4 is 10.6 Å². The van der Waals surface area contributed by atoms with E-state index in [1.165, 1.54) is 30.4 Å². The number of hydrogen-bond acceptors (Lipinski definition) is 3. The first-order valence-electron chi connectivity index (χ1n) is 8.62. The number of benzene rings is 1. The highest BCUT2D eigenvalue weighted by atomic mass is 16.5. The lowest BCUT2D eigenvalue weighted by Crippen LogP contribution is -2.37. The highest BCUT2D eigenvalue weighted by Gasteiger charge is 2.57. The topological polar surface area (TPSA) is 67.2 Å². The number of carbonyl (C=O) groups excluding carboxylic acids is 1. The quantitative estimate of drug-likeness (QED) is 0.908. The lowest BCUT2D eigenvalue weighted by atomic mass is 9.95. The molecule has 2 aliphatic carbocycles. The second-order valence-corrected chi connectivity index (χ2v) is 7.08. The lowest BCUT2D eigenvalue weighted by molar-refractivity contribution is 0.239. The summed E-state index contributed by atoms with van der Waals surface area (Å²) >= 11 is 0. The summed E-state index contributed by atoms with van der Waals surface area (Å²) in [7, 11) is 0. The van der Waals surface area contributed by atoms with Gasteiger partial charge in [-0.15, -0.1) is 0 Å². The van der Waals surface area contributed by atoms with Crippen LogP contribution in [0.2, 0.25) is 0 Å². The Labute approximate surface area is 141 Å². The average Bonchev–Trinajstić information content (AvgIpc) is 3.03. The summed E-state index contributed by atoms with van der Waals surface area (Å²) in [6, 6.07) is 8.63. The first kappa shape index (κ1) is 15.2. The maximum Gasteiger partial charge on any atom is 0.315 e. The predicted octanol–water partition coefficient (Wildman–Crippen LogP) is 2.99. The first-order chi connectivity index (χ1) is 11.6. The van der Waals surface area contributed by atoms with Gasteiger partial charge in [-0.3, -0.25) is 0 Å². The van der Waals surface area contributed by atoms with Gasteiger partial charge in [0.2, 0.25) is 0 Å². The zero-order chi connectivity index (χ0) is 16.7. The first-order valence-corrected chi connectivity index (χ1v) is 8.62. The fourth-order valence-electron chi connectivity index (χ4n) is 4.20. The summed E-state index contributed by atoms with van der Waals surface area (Å²) in [4.78, 5) is 12.1. The third kappa shape index (κ3) is 2.48. The maximum absolute atomic E-state index is 12.1. The van der Waals surface area contributed by atoms with Crippen LogP contribution in [0.1, 0.15) is 41.0 Å². The highest BCUT2D eigenvalue weighted by molar-refractivity contribution is 5.74. The molecule has 1 aromatic heterocycles. The molecule has 2 aromatic rings. The van der Waals surface area contributed by atoms with Gasteiger partial charge in [-0.05, 0) is 50.2 Å². The molecule has 0 unspecified atom stereocenters. The summed E-state index contributed by atoms with van der Waals surface area (Å²) < 4.78 is 5.11. The van der Waals surface area contributed by atoms with Crippen molar-refractivity contribution in [1.29, 1.82) is 0 Å². The minimum absolute atomic E-state index is 0.122. The number of hydrogen-bond donors (Lipinski definition) is 2. The van der Waals surface area contributed by atoms with E-state index < -0.39 is 0 Å². The second-order valence-electron chi connectivity index (χ2n) is 7.08. The normalized spacial score (nSPS) is 24.0. The standard InChI is InChI=1S/C19H23N3O2/c1-12-16(13(2)24-22-12)11-21-18(23)20-10-15-9-19(15)8-7-14-5-3-4-6-17(14)19/h3-6,15H,7-11H2,1-2H3,(H2,20,21,23)/t15-,19-/m1/s1. The second kappa shape index (κ2) is 5.65. The van der Waals surface area contributed by atoms with E-state index in [4.69, 9.17) is 4.52 Å². The number of aryl methyl sites for hydroxylation is 3. The van der Waals surface area contributed by atoms with Crippen molar-refractivity contribution in [3.8, 4) is 0 Å². The number of nitrogens with one attached hydrogen (secondary N) is 2. The maximum atomic E-state index is 12.1. The average molecular weight is 325 g/mol. The van der Waals surface area contributed by atoms with Crippen LogP contribution in [0.15, 0.2) is 28.8 Å². The van der Waals surface area contributed by atoms with Crippen LogP contribution in [0.5, 0.6) is 0 Å². The molecule has 2 amide bonds. The molecule has 1 saturated carbocycles. The zero-order valence-electron chi connectivity index (χ0n) is 14.2. The molecule has 1 spiro atoms. The Balaban J connectivity index is 1.29. The number of amides is 2. The molecule has 0 radical (unpaired) electrons. The molecule has 0 saturated heterocycles. The Morgan fingerprint density at radius 1 is 1.33 bits per heavy atom. The van der Waals surface area contributed by atoms with E-state index in [-0.39, 0.29) is 6.03 Å². The van der Waals surface area contributed by atoms with Crippen LogP contribution >= 0.6 is 0 Å². The van der Waals surface area contributed by atoms with E-state index in [2.05, 4.69) is 40.1 Å². The third-order valence-electron chi connectivity index (χ3n) is 5.74. The van der Waals surface area contributed by atoms with E-state index in [9.17, 15) is 4.79 Å². The number of carbonyl (C=O) groups is 1. The van der Waals surface area contributed by atoms with Gasteiger partial charge in [0, 0.05) is 24.1 Å². The van der Waals surface area contributed by atoms with E-state index in [0.717, 1.165) is 23.6 Å². The monoisotopic (exact) mass is 325 g/mol. The molecule has 126 valence electrons. The molecule has 1 aromatic carbocycles. The Morgan fingerprint density at radius 3 is 2.96 bits per heavy atom. The van der Waals surface area contributed by atoms with Gasteiger partial charge >= 0.3 is 6.03 Å². The summed E-state index contributed by atoms with van der Waals surface area (Å²) in [6.07, 6.45) is 3.58. The molecule has 24 heavy (non-hydrogen) atoms. The Hall–Kier alpha value is -2.30. The van der Waals surface area contributed by atoms with Crippen molar-refractivity contribution in [1.82, 2.24) is 15.8 Å². The molecule has 0 bridgehead atoms. The van der Waals surface area contributed by atoms with Crippen molar-refractivity contribution in [2.24, 2.45) is 5.92 Å². The molecule has 2 N–H and O–H groups in total. The fraction of sp³-hybridized carbons (Fsp3) is 0.474. The number of rotatable bonds is 4. The van der Waals surface area contributed by atoms with Crippen LogP contribution in [-0.2, 0) is 18.4 Å². The van der Waals surface area contributed by atoms with Crippen molar-refractivity contribution in [2.75, 3.05) is 6.54 Å². The Bertz CT molecular complexity index is 763. The Morgan fingerprint density at radius 2 is 2.17 bits per heavy atom. The summed E-state index contributed by atoms with van der Waals surface area (Å²) in [5.41, 5.74) is 5.11. The number of fused-ring (bicyclic) bond motifs is 2. The number of nitrogens with zero attached hydrogens (tertiary/aromatic N) is 1. The Kier molecular flexibility index (Phi) is 3.59. The molecule has 5 heteroatoms. The van der Waals surface area contributed by atoms with Crippen LogP contribution in [0, 0.1) is 19.8 Å². The molecule has 1 heterocycles. The largest absolute Gasteiger partial charge is 0.361 e. The van der Waals surface area contributed by atoms with Gasteiger partial charge in [-0.25, -0.2) is 4.79 Å². The molecular weight excluding hydrogens is 302 g/mol. The van der Waals surface area contributed by atoms with Crippen molar-refractivity contribution < 1.29 is 9.32 Å². The molecule has 1 fully saturated rings. The lowest BCUT2D eigenvalue weighted by Gasteiger charge is -2.12. The van der Waals surface area contributed by atoms with Gasteiger partial charge in [-0.1, -0.05) is 29.4 Å². The van der Waals surface area contributed by atoms with Gasteiger partial charge in [0.05, 0.1) is 5.69 Å². The van der Waals surface area contributed by atoms with E-state index in [1.807, 2.05) is 13.8 Å². The van der Waals surface area contributed by atoms with Crippen LogP contribution in [0.3, 0.4) is 0 Å². The van der Waals surface area contributed by atoms with Crippen molar-refractivity contribution in [3.05, 3.63) is 52.4 Å². The molecule has 2 aliphatic rings. The third-order valence-corrected chi connectivity index (χ3v) is 5.74. The van der Waals surface area contributed by atoms with Gasteiger partial charge in [0.1, 0.15) is 5.76 Å². The van der Waals surface area contributed by atoms with Crippen LogP contribution in [-0.4, -0.2) is 17.7 Å². The highest BCUT2D eigenvalue weighted by Crippen LogP contribution is 2.61. The summed E-state index contributed by atoms with van der Waals surface area (Å²) in [5.74, 6) is 1.32. The smallest absolute Gasteiger partial charge is 0.315 e. The molecule has 4 rings (SSSR count).